The molecule has 0 bridgehead atoms. The van der Waals surface area contributed by atoms with E-state index in [4.69, 9.17) is 0 Å². The monoisotopic (exact) mass is 192 g/mol. The molecule has 2 heteroatoms. The van der Waals surface area contributed by atoms with Gasteiger partial charge in [-0.2, -0.15) is 0 Å². The van der Waals surface area contributed by atoms with Gasteiger partial charge in [-0.3, -0.25) is 4.79 Å². The maximum Gasteiger partial charge on any atom is 0.194 e. The standard InChI is InChI=1S/C12H16O2/c1-9(2)12(3,14)11(13)10-7-5-4-6-8-10/h4-9,14H,1-3H3. The van der Waals surface area contributed by atoms with Gasteiger partial charge in [0.1, 0.15) is 5.60 Å². The molecule has 1 N–H and O–H groups in total. The number of carbonyl (C=O) groups excluding carboxylic acids is 1. The molecule has 0 radical (unpaired) electrons. The first kappa shape index (κ1) is 10.9. The summed E-state index contributed by atoms with van der Waals surface area (Å²) >= 11 is 0. The minimum Gasteiger partial charge on any atom is -0.382 e. The van der Waals surface area contributed by atoms with Crippen LogP contribution in [-0.2, 0) is 0 Å². The summed E-state index contributed by atoms with van der Waals surface area (Å²) in [6.07, 6.45) is 0. The summed E-state index contributed by atoms with van der Waals surface area (Å²) in [5.41, 5.74) is -0.715. The van der Waals surface area contributed by atoms with Crippen LogP contribution in [0, 0.1) is 5.92 Å². The van der Waals surface area contributed by atoms with Gasteiger partial charge >= 0.3 is 0 Å². The molecule has 1 unspecified atom stereocenters. The molecule has 0 heterocycles. The quantitative estimate of drug-likeness (QED) is 0.746. The third-order valence-electron chi connectivity index (χ3n) is 2.62. The summed E-state index contributed by atoms with van der Waals surface area (Å²) in [4.78, 5) is 11.9. The third kappa shape index (κ3) is 2.02. The van der Waals surface area contributed by atoms with E-state index >= 15 is 0 Å². The number of benzene rings is 1. The van der Waals surface area contributed by atoms with Crippen LogP contribution in [0.1, 0.15) is 31.1 Å². The lowest BCUT2D eigenvalue weighted by Gasteiger charge is -2.25. The van der Waals surface area contributed by atoms with Gasteiger partial charge < -0.3 is 5.11 Å². The first-order valence-electron chi connectivity index (χ1n) is 4.78. The Labute approximate surface area is 84.6 Å². The van der Waals surface area contributed by atoms with Crippen LogP contribution in [0.3, 0.4) is 0 Å². The SMILES string of the molecule is CC(C)C(C)(O)C(=O)c1ccccc1. The molecule has 1 aromatic rings. The molecule has 2 nitrogen and oxygen atoms in total. The normalized spacial score (nSPS) is 15.2. The highest BCUT2D eigenvalue weighted by molar-refractivity contribution is 6.02. The van der Waals surface area contributed by atoms with Gasteiger partial charge in [-0.25, -0.2) is 0 Å². The second kappa shape index (κ2) is 3.93. The summed E-state index contributed by atoms with van der Waals surface area (Å²) in [5, 5.41) is 9.96. The Hall–Kier alpha value is -1.15. The van der Waals surface area contributed by atoms with E-state index in [-0.39, 0.29) is 11.7 Å². The van der Waals surface area contributed by atoms with E-state index < -0.39 is 5.60 Å². The van der Waals surface area contributed by atoms with Crippen molar-refractivity contribution in [1.29, 1.82) is 0 Å². The van der Waals surface area contributed by atoms with Crippen molar-refractivity contribution in [3.63, 3.8) is 0 Å². The maximum atomic E-state index is 11.9. The lowest BCUT2D eigenvalue weighted by Crippen LogP contribution is -2.40. The Balaban J connectivity index is 2.97. The van der Waals surface area contributed by atoms with Gasteiger partial charge in [0.15, 0.2) is 5.78 Å². The van der Waals surface area contributed by atoms with Gasteiger partial charge in [-0.1, -0.05) is 44.2 Å². The van der Waals surface area contributed by atoms with Gasteiger partial charge in [0.2, 0.25) is 0 Å². The number of rotatable bonds is 3. The number of ketones is 1. The predicted octanol–water partition coefficient (Wildman–Crippen LogP) is 2.28. The van der Waals surface area contributed by atoms with E-state index in [0.717, 1.165) is 0 Å². The Morgan fingerprint density at radius 3 is 2.21 bits per heavy atom. The fraction of sp³-hybridized carbons (Fsp3) is 0.417. The first-order valence-corrected chi connectivity index (χ1v) is 4.78. The van der Waals surface area contributed by atoms with Gasteiger partial charge in [0.25, 0.3) is 0 Å². The molecule has 0 fully saturated rings. The molecule has 0 aliphatic rings. The highest BCUT2D eigenvalue weighted by atomic mass is 16.3. The zero-order valence-corrected chi connectivity index (χ0v) is 8.82. The van der Waals surface area contributed by atoms with E-state index in [1.165, 1.54) is 0 Å². The fourth-order valence-electron chi connectivity index (χ4n) is 1.14. The van der Waals surface area contributed by atoms with Crippen molar-refractivity contribution in [3.05, 3.63) is 35.9 Å². The number of hydrogen-bond acceptors (Lipinski definition) is 2. The topological polar surface area (TPSA) is 37.3 Å². The van der Waals surface area contributed by atoms with Crippen LogP contribution >= 0.6 is 0 Å². The first-order chi connectivity index (χ1) is 6.46. The van der Waals surface area contributed by atoms with Gasteiger partial charge in [-0.15, -0.1) is 0 Å². The van der Waals surface area contributed by atoms with Crippen LogP contribution in [-0.4, -0.2) is 16.5 Å². The molecule has 0 aliphatic heterocycles. The molecule has 0 aromatic heterocycles. The van der Waals surface area contributed by atoms with E-state index in [1.807, 2.05) is 19.9 Å². The lowest BCUT2D eigenvalue weighted by molar-refractivity contribution is 0.0175. The molecule has 0 aliphatic carbocycles. The van der Waals surface area contributed by atoms with Crippen LogP contribution in [0.2, 0.25) is 0 Å². The van der Waals surface area contributed by atoms with Crippen molar-refractivity contribution in [2.45, 2.75) is 26.4 Å². The van der Waals surface area contributed by atoms with Crippen LogP contribution < -0.4 is 0 Å². The van der Waals surface area contributed by atoms with E-state index in [1.54, 1.807) is 31.2 Å². The number of carbonyl (C=O) groups is 1. The Bertz CT molecular complexity index is 312. The molecule has 0 spiro atoms. The minimum absolute atomic E-state index is 0.0878. The summed E-state index contributed by atoms with van der Waals surface area (Å²) in [5.74, 6) is -0.302. The maximum absolute atomic E-state index is 11.9. The Morgan fingerprint density at radius 2 is 1.79 bits per heavy atom. The lowest BCUT2D eigenvalue weighted by atomic mass is 9.85. The number of Topliss-reactive ketones (excluding diaryl/α,β-unsaturated/α-hetero) is 1. The van der Waals surface area contributed by atoms with Crippen LogP contribution in [0.15, 0.2) is 30.3 Å². The molecule has 1 aromatic carbocycles. The zero-order valence-electron chi connectivity index (χ0n) is 8.82. The second-order valence-corrected chi connectivity index (χ2v) is 4.00. The summed E-state index contributed by atoms with van der Waals surface area (Å²) < 4.78 is 0. The molecule has 1 rings (SSSR count). The summed E-state index contributed by atoms with van der Waals surface area (Å²) in [7, 11) is 0. The fourth-order valence-corrected chi connectivity index (χ4v) is 1.14. The van der Waals surface area contributed by atoms with Crippen molar-refractivity contribution >= 4 is 5.78 Å². The second-order valence-electron chi connectivity index (χ2n) is 4.00. The van der Waals surface area contributed by atoms with Crippen LogP contribution in [0.5, 0.6) is 0 Å². The van der Waals surface area contributed by atoms with Crippen molar-refractivity contribution < 1.29 is 9.90 Å². The summed E-state index contributed by atoms with van der Waals surface area (Å²) in [6.45, 7) is 5.23. The Morgan fingerprint density at radius 1 is 1.29 bits per heavy atom. The summed E-state index contributed by atoms with van der Waals surface area (Å²) in [6, 6.07) is 8.88. The molecule has 0 saturated carbocycles. The van der Waals surface area contributed by atoms with Crippen molar-refractivity contribution in [3.8, 4) is 0 Å². The van der Waals surface area contributed by atoms with Gasteiger partial charge in [-0.05, 0) is 12.8 Å². The molecule has 14 heavy (non-hydrogen) atoms. The molecule has 0 saturated heterocycles. The van der Waals surface area contributed by atoms with Crippen LogP contribution in [0.4, 0.5) is 0 Å². The van der Waals surface area contributed by atoms with Gasteiger partial charge in [0, 0.05) is 5.56 Å². The largest absolute Gasteiger partial charge is 0.382 e. The average Bonchev–Trinajstić information content (AvgIpc) is 2.17. The smallest absolute Gasteiger partial charge is 0.194 e. The zero-order chi connectivity index (χ0) is 10.8. The van der Waals surface area contributed by atoms with E-state index in [2.05, 4.69) is 0 Å². The molecule has 0 amide bonds. The molecular formula is C12H16O2. The predicted molar refractivity (Wildman–Crippen MR) is 56.2 cm³/mol. The minimum atomic E-state index is -1.28. The van der Waals surface area contributed by atoms with Crippen molar-refractivity contribution in [2.75, 3.05) is 0 Å². The number of aliphatic hydroxyl groups is 1. The van der Waals surface area contributed by atoms with Gasteiger partial charge in [0.05, 0.1) is 0 Å². The third-order valence-corrected chi connectivity index (χ3v) is 2.62. The molecule has 76 valence electrons. The van der Waals surface area contributed by atoms with E-state index in [9.17, 15) is 9.90 Å². The van der Waals surface area contributed by atoms with Crippen molar-refractivity contribution in [2.24, 2.45) is 5.92 Å². The highest BCUT2D eigenvalue weighted by Crippen LogP contribution is 2.21. The van der Waals surface area contributed by atoms with E-state index in [0.29, 0.717) is 5.56 Å². The molecular weight excluding hydrogens is 176 g/mol. The average molecular weight is 192 g/mol. The number of hydrogen-bond donors (Lipinski definition) is 1. The molecule has 1 atom stereocenters. The van der Waals surface area contributed by atoms with Crippen molar-refractivity contribution in [1.82, 2.24) is 0 Å². The van der Waals surface area contributed by atoms with Crippen LogP contribution in [0.25, 0.3) is 0 Å². The Kier molecular flexibility index (Phi) is 3.06. The highest BCUT2D eigenvalue weighted by Gasteiger charge is 2.34.